The van der Waals surface area contributed by atoms with Gasteiger partial charge in [-0.05, 0) is 42.9 Å². The first-order chi connectivity index (χ1) is 16.4. The maximum Gasteiger partial charge on any atom is 0.286 e. The number of benzene rings is 2. The number of hydrogen-bond donors (Lipinski definition) is 1. The number of ether oxygens (including phenoxy) is 1. The van der Waals surface area contributed by atoms with E-state index in [2.05, 4.69) is 27.3 Å². The predicted molar refractivity (Wildman–Crippen MR) is 123 cm³/mol. The van der Waals surface area contributed by atoms with Crippen molar-refractivity contribution in [3.63, 3.8) is 0 Å². The minimum atomic E-state index is -1.06. The average Bonchev–Trinajstić information content (AvgIpc) is 3.34. The van der Waals surface area contributed by atoms with E-state index in [4.69, 9.17) is 4.74 Å². The Balaban J connectivity index is 1.29. The first kappa shape index (κ1) is 23.7. The van der Waals surface area contributed by atoms with E-state index in [0.717, 1.165) is 43.1 Å². The van der Waals surface area contributed by atoms with Crippen molar-refractivity contribution in [2.45, 2.75) is 13.5 Å². The third-order valence-corrected chi connectivity index (χ3v) is 6.30. The highest BCUT2D eigenvalue weighted by molar-refractivity contribution is 7.13. The van der Waals surface area contributed by atoms with Crippen molar-refractivity contribution in [2.24, 2.45) is 0 Å². The molecule has 2 amide bonds. The van der Waals surface area contributed by atoms with Gasteiger partial charge in [-0.2, -0.15) is 0 Å². The fraction of sp³-hybridized carbons (Fsp3) is 0.304. The van der Waals surface area contributed by atoms with Gasteiger partial charge in [-0.1, -0.05) is 18.3 Å². The van der Waals surface area contributed by atoms with Gasteiger partial charge in [-0.3, -0.25) is 9.59 Å². The highest BCUT2D eigenvalue weighted by Gasteiger charge is 2.21. The fourth-order valence-electron chi connectivity index (χ4n) is 3.45. The Labute approximate surface area is 199 Å². The van der Waals surface area contributed by atoms with Gasteiger partial charge in [0.05, 0.1) is 0 Å². The number of likely N-dealkylation sites (N-methyl/N-ethyl adjacent to an activating group) is 1. The van der Waals surface area contributed by atoms with Crippen LogP contribution in [0, 0.1) is 11.6 Å². The number of hydrogen-bond acceptors (Lipinski definition) is 7. The number of amides is 2. The van der Waals surface area contributed by atoms with Crippen LogP contribution in [0.5, 0.6) is 5.75 Å². The zero-order chi connectivity index (χ0) is 24.1. The molecule has 1 aliphatic heterocycles. The third kappa shape index (κ3) is 5.72. The van der Waals surface area contributed by atoms with E-state index in [1.54, 1.807) is 24.3 Å². The SMILES string of the molecule is CCN1CCN(C(=O)c2ccc(OCc3nnc(C(=O)Nc4ccc(F)c(F)c4)s3)cc2)CC1. The topological polar surface area (TPSA) is 87.7 Å². The van der Waals surface area contributed by atoms with Crippen molar-refractivity contribution >= 4 is 28.8 Å². The van der Waals surface area contributed by atoms with E-state index in [0.29, 0.717) is 29.4 Å². The van der Waals surface area contributed by atoms with Gasteiger partial charge >= 0.3 is 0 Å². The van der Waals surface area contributed by atoms with E-state index < -0.39 is 17.5 Å². The number of anilines is 1. The molecule has 34 heavy (non-hydrogen) atoms. The van der Waals surface area contributed by atoms with E-state index >= 15 is 0 Å². The monoisotopic (exact) mass is 487 g/mol. The molecule has 0 atom stereocenters. The molecular weight excluding hydrogens is 464 g/mol. The van der Waals surface area contributed by atoms with Gasteiger partial charge in [0.15, 0.2) is 16.6 Å². The van der Waals surface area contributed by atoms with Crippen molar-refractivity contribution in [3.05, 3.63) is 69.7 Å². The van der Waals surface area contributed by atoms with Gasteiger partial charge in [0.25, 0.3) is 11.8 Å². The quantitative estimate of drug-likeness (QED) is 0.550. The summed E-state index contributed by atoms with van der Waals surface area (Å²) < 4.78 is 32.0. The lowest BCUT2D eigenvalue weighted by atomic mass is 10.1. The van der Waals surface area contributed by atoms with Crippen LogP contribution in [0.1, 0.15) is 32.1 Å². The number of piperazine rings is 1. The van der Waals surface area contributed by atoms with Crippen molar-refractivity contribution in [3.8, 4) is 5.75 Å². The smallest absolute Gasteiger partial charge is 0.286 e. The summed E-state index contributed by atoms with van der Waals surface area (Å²) in [4.78, 5) is 29.1. The molecule has 2 aromatic carbocycles. The first-order valence-corrected chi connectivity index (χ1v) is 11.6. The lowest BCUT2D eigenvalue weighted by Crippen LogP contribution is -2.48. The van der Waals surface area contributed by atoms with Gasteiger partial charge < -0.3 is 19.9 Å². The lowest BCUT2D eigenvalue weighted by molar-refractivity contribution is 0.0643. The molecule has 1 saturated heterocycles. The molecule has 1 N–H and O–H groups in total. The number of nitrogens with one attached hydrogen (secondary N) is 1. The van der Waals surface area contributed by atoms with Gasteiger partial charge in [-0.25, -0.2) is 8.78 Å². The Hall–Kier alpha value is -3.44. The van der Waals surface area contributed by atoms with Crippen molar-refractivity contribution in [2.75, 3.05) is 38.0 Å². The van der Waals surface area contributed by atoms with E-state index in [1.807, 2.05) is 4.90 Å². The molecule has 0 radical (unpaired) electrons. The maximum atomic E-state index is 13.3. The van der Waals surface area contributed by atoms with E-state index in [1.165, 1.54) is 6.07 Å². The summed E-state index contributed by atoms with van der Waals surface area (Å²) in [5.41, 5.74) is 0.711. The van der Waals surface area contributed by atoms with Crippen LogP contribution in [0.2, 0.25) is 0 Å². The van der Waals surface area contributed by atoms with Crippen LogP contribution in [0.3, 0.4) is 0 Å². The Morgan fingerprint density at radius 3 is 2.44 bits per heavy atom. The van der Waals surface area contributed by atoms with Gasteiger partial charge in [0.1, 0.15) is 12.4 Å². The molecule has 1 fully saturated rings. The Kier molecular flexibility index (Phi) is 7.43. The van der Waals surface area contributed by atoms with Crippen LogP contribution in [-0.2, 0) is 6.61 Å². The molecular formula is C23H23F2N5O3S. The normalized spacial score (nSPS) is 14.1. The molecule has 1 aliphatic rings. The summed E-state index contributed by atoms with van der Waals surface area (Å²) in [5, 5.41) is 10.7. The van der Waals surface area contributed by atoms with Crippen molar-refractivity contribution in [1.29, 1.82) is 0 Å². The average molecular weight is 488 g/mol. The number of aromatic nitrogens is 2. The minimum absolute atomic E-state index is 0.00289. The summed E-state index contributed by atoms with van der Waals surface area (Å²) in [6, 6.07) is 9.95. The van der Waals surface area contributed by atoms with Crippen LogP contribution in [0.4, 0.5) is 14.5 Å². The van der Waals surface area contributed by atoms with Crippen molar-refractivity contribution < 1.29 is 23.1 Å². The minimum Gasteiger partial charge on any atom is -0.486 e. The Bertz CT molecular complexity index is 1160. The summed E-state index contributed by atoms with van der Waals surface area (Å²) in [6.07, 6.45) is 0. The highest BCUT2D eigenvalue weighted by Crippen LogP contribution is 2.19. The molecule has 11 heteroatoms. The van der Waals surface area contributed by atoms with Crippen LogP contribution < -0.4 is 10.1 Å². The van der Waals surface area contributed by atoms with Gasteiger partial charge in [0, 0.05) is 43.5 Å². The number of halogens is 2. The molecule has 4 rings (SSSR count). The molecule has 8 nitrogen and oxygen atoms in total. The molecule has 178 valence electrons. The first-order valence-electron chi connectivity index (χ1n) is 10.8. The molecule has 0 saturated carbocycles. The summed E-state index contributed by atoms with van der Waals surface area (Å²) >= 11 is 1.02. The maximum absolute atomic E-state index is 13.3. The molecule has 0 unspecified atom stereocenters. The van der Waals surface area contributed by atoms with E-state index in [-0.39, 0.29) is 23.2 Å². The highest BCUT2D eigenvalue weighted by atomic mass is 32.1. The summed E-state index contributed by atoms with van der Waals surface area (Å²) in [5.74, 6) is -2.09. The van der Waals surface area contributed by atoms with Gasteiger partial charge in [0.2, 0.25) is 5.01 Å². The van der Waals surface area contributed by atoms with Crippen LogP contribution in [0.25, 0.3) is 0 Å². The zero-order valence-corrected chi connectivity index (χ0v) is 19.3. The van der Waals surface area contributed by atoms with Crippen LogP contribution in [0.15, 0.2) is 42.5 Å². The second-order valence-electron chi connectivity index (χ2n) is 7.62. The van der Waals surface area contributed by atoms with Crippen molar-refractivity contribution in [1.82, 2.24) is 20.0 Å². The molecule has 1 aromatic heterocycles. The Morgan fingerprint density at radius 2 is 1.76 bits per heavy atom. The largest absolute Gasteiger partial charge is 0.486 e. The zero-order valence-electron chi connectivity index (χ0n) is 18.5. The van der Waals surface area contributed by atoms with Crippen LogP contribution >= 0.6 is 11.3 Å². The fourth-order valence-corrected chi connectivity index (χ4v) is 4.10. The summed E-state index contributed by atoms with van der Waals surface area (Å²) in [7, 11) is 0. The van der Waals surface area contributed by atoms with E-state index in [9.17, 15) is 18.4 Å². The molecule has 2 heterocycles. The number of rotatable bonds is 7. The van der Waals surface area contributed by atoms with Crippen LogP contribution in [-0.4, -0.2) is 64.5 Å². The van der Waals surface area contributed by atoms with Gasteiger partial charge in [-0.15, -0.1) is 10.2 Å². The summed E-state index contributed by atoms with van der Waals surface area (Å²) in [6.45, 7) is 6.38. The second-order valence-corrected chi connectivity index (χ2v) is 8.69. The predicted octanol–water partition coefficient (Wildman–Crippen LogP) is 3.43. The lowest BCUT2D eigenvalue weighted by Gasteiger charge is -2.34. The third-order valence-electron chi connectivity index (χ3n) is 5.41. The number of nitrogens with zero attached hydrogens (tertiary/aromatic N) is 4. The molecule has 0 bridgehead atoms. The second kappa shape index (κ2) is 10.7. The molecule has 0 spiro atoms. The number of carbonyl (C=O) groups is 2. The number of carbonyl (C=O) groups excluding carboxylic acids is 2. The molecule has 3 aromatic rings. The standard InChI is InChI=1S/C23H23F2N5O3S/c1-2-29-9-11-30(12-10-29)23(32)15-3-6-17(7-4-15)33-14-20-27-28-22(34-20)21(31)26-16-5-8-18(24)19(25)13-16/h3-8,13H,2,9-12,14H2,1H3,(H,26,31). The molecule has 0 aliphatic carbocycles. The Morgan fingerprint density at radius 1 is 1.03 bits per heavy atom.